The van der Waals surface area contributed by atoms with Gasteiger partial charge < -0.3 is 20.9 Å². The summed E-state index contributed by atoms with van der Waals surface area (Å²) < 4.78 is 4.50. The molecule has 12 heteroatoms. The second-order valence-electron chi connectivity index (χ2n) is 6.55. The van der Waals surface area contributed by atoms with Crippen LogP contribution in [-0.4, -0.2) is 56.9 Å². The lowest BCUT2D eigenvalue weighted by Gasteiger charge is -2.49. The van der Waals surface area contributed by atoms with Gasteiger partial charge in [0.1, 0.15) is 23.2 Å². The number of hydrogen-bond donors (Lipinski definition) is 3. The number of allylic oxidation sites excluding steroid dienone is 1. The van der Waals surface area contributed by atoms with Crippen LogP contribution in [0, 0.1) is 0 Å². The lowest BCUT2D eigenvalue weighted by molar-refractivity contribution is -0.156. The lowest BCUT2D eigenvalue weighted by atomic mass is 10.0. The predicted octanol–water partition coefficient (Wildman–Crippen LogP) is 0.523. The Balaban J connectivity index is 1.72. The van der Waals surface area contributed by atoms with Crippen molar-refractivity contribution in [2.24, 2.45) is 5.73 Å². The predicted molar refractivity (Wildman–Crippen MR) is 111 cm³/mol. The number of nitrogens with zero attached hydrogens (tertiary/aromatic N) is 1. The second kappa shape index (κ2) is 9.45. The Morgan fingerprint density at radius 1 is 1.42 bits per heavy atom. The van der Waals surface area contributed by atoms with Crippen molar-refractivity contribution < 1.29 is 33.8 Å². The molecule has 3 atom stereocenters. The molecule has 31 heavy (non-hydrogen) atoms. The molecule has 2 amide bonds. The molecule has 2 aliphatic rings. The number of rotatable bonds is 7. The van der Waals surface area contributed by atoms with Gasteiger partial charge in [-0.25, -0.2) is 9.59 Å². The van der Waals surface area contributed by atoms with Gasteiger partial charge in [0.05, 0.1) is 0 Å². The van der Waals surface area contributed by atoms with E-state index in [1.807, 2.05) is 0 Å². The number of carbonyl (C=O) groups excluding carboxylic acids is 4. The molecule has 3 heterocycles. The van der Waals surface area contributed by atoms with E-state index in [-0.39, 0.29) is 23.4 Å². The molecule has 1 fully saturated rings. The number of thioether (sulfide) groups is 1. The molecule has 0 radical (unpaired) electrons. The second-order valence-corrected chi connectivity index (χ2v) is 8.63. The molecule has 0 spiro atoms. The molecule has 0 saturated carbocycles. The number of β-lactam (4-membered cyclic amide) rings is 1. The summed E-state index contributed by atoms with van der Waals surface area (Å²) in [6.07, 6.45) is 2.17. The van der Waals surface area contributed by atoms with Crippen LogP contribution >= 0.6 is 23.1 Å². The third-order valence-electron chi connectivity index (χ3n) is 4.55. The average Bonchev–Trinajstić information content (AvgIpc) is 3.29. The Bertz CT molecular complexity index is 987. The fourth-order valence-corrected chi connectivity index (χ4v) is 5.04. The lowest BCUT2D eigenvalue weighted by Crippen LogP contribution is -2.71. The third kappa shape index (κ3) is 4.70. The number of fused-ring (bicyclic) bond motifs is 1. The maximum atomic E-state index is 12.6. The molecule has 2 aliphatic heterocycles. The van der Waals surface area contributed by atoms with Crippen molar-refractivity contribution in [1.82, 2.24) is 10.2 Å². The fourth-order valence-electron chi connectivity index (χ4n) is 3.00. The van der Waals surface area contributed by atoms with Gasteiger partial charge in [-0.2, -0.15) is 0 Å². The van der Waals surface area contributed by atoms with Crippen molar-refractivity contribution in [1.29, 1.82) is 0 Å². The first-order valence-corrected chi connectivity index (χ1v) is 11.1. The Hall–Kier alpha value is -2.96. The van der Waals surface area contributed by atoms with Gasteiger partial charge in [0.2, 0.25) is 5.91 Å². The first kappa shape index (κ1) is 22.7. The topological polar surface area (TPSA) is 156 Å². The Kier molecular flexibility index (Phi) is 6.93. The number of nitrogens with two attached hydrogens (primary N) is 1. The van der Waals surface area contributed by atoms with Crippen molar-refractivity contribution in [3.05, 3.63) is 45.8 Å². The van der Waals surface area contributed by atoms with E-state index in [1.165, 1.54) is 36.1 Å². The van der Waals surface area contributed by atoms with Crippen LogP contribution in [0.1, 0.15) is 24.3 Å². The summed E-state index contributed by atoms with van der Waals surface area (Å²) in [5.74, 6) is -3.94. The number of amides is 2. The highest BCUT2D eigenvalue weighted by Crippen LogP contribution is 2.40. The first-order valence-electron chi connectivity index (χ1n) is 9.17. The Morgan fingerprint density at radius 2 is 2.16 bits per heavy atom. The van der Waals surface area contributed by atoms with E-state index in [0.717, 1.165) is 11.0 Å². The van der Waals surface area contributed by atoms with E-state index in [0.29, 0.717) is 4.88 Å². The van der Waals surface area contributed by atoms with Crippen LogP contribution in [0.3, 0.4) is 0 Å². The van der Waals surface area contributed by atoms with E-state index >= 15 is 0 Å². The van der Waals surface area contributed by atoms with E-state index in [2.05, 4.69) is 10.1 Å². The number of carboxylic acids is 1. The Labute approximate surface area is 185 Å². The summed E-state index contributed by atoms with van der Waals surface area (Å²) in [6.45, 7) is 1.53. The summed E-state index contributed by atoms with van der Waals surface area (Å²) in [5.41, 5.74) is 5.85. The molecule has 1 aromatic rings. The van der Waals surface area contributed by atoms with Gasteiger partial charge in [0.15, 0.2) is 0 Å². The molecule has 3 rings (SSSR count). The van der Waals surface area contributed by atoms with Crippen LogP contribution in [0.25, 0.3) is 0 Å². The van der Waals surface area contributed by atoms with Crippen LogP contribution < -0.4 is 11.1 Å². The molecule has 4 N–H and O–H groups in total. The standard InChI is InChI=1S/C19H19N3O7S2/c1-2-11(23)29-12(24)6-5-9-8-31-18-14(17(26)22(18)15(9)19(27)28)21-16(25)13(20)10-4-3-7-30-10/h3-7,13-14,18H,2,8,20H2,1H3,(H,21,25)(H,27,28)/t13?,14?,18-/m0/s1. The van der Waals surface area contributed by atoms with Crippen molar-refractivity contribution in [2.75, 3.05) is 5.75 Å². The minimum atomic E-state index is -1.35. The minimum Gasteiger partial charge on any atom is -0.477 e. The average molecular weight is 466 g/mol. The zero-order valence-corrected chi connectivity index (χ0v) is 17.9. The first-order chi connectivity index (χ1) is 14.7. The quantitative estimate of drug-likeness (QED) is 0.226. The number of carboxylic acid groups (broad SMARTS) is 1. The number of thiophene rings is 1. The van der Waals surface area contributed by atoms with Gasteiger partial charge in [-0.1, -0.05) is 13.0 Å². The minimum absolute atomic E-state index is 0.0196. The maximum Gasteiger partial charge on any atom is 0.352 e. The molecule has 10 nitrogen and oxygen atoms in total. The van der Waals surface area contributed by atoms with E-state index in [1.54, 1.807) is 17.5 Å². The summed E-state index contributed by atoms with van der Waals surface area (Å²) in [6, 6.07) is 1.63. The molecule has 1 saturated heterocycles. The zero-order chi connectivity index (χ0) is 22.7. The van der Waals surface area contributed by atoms with Crippen LogP contribution in [0.4, 0.5) is 0 Å². The van der Waals surface area contributed by atoms with Crippen molar-refractivity contribution in [3.63, 3.8) is 0 Å². The van der Waals surface area contributed by atoms with E-state index in [4.69, 9.17) is 5.73 Å². The molecule has 0 aliphatic carbocycles. The molecule has 2 unspecified atom stereocenters. The number of carbonyl (C=O) groups is 5. The highest BCUT2D eigenvalue weighted by atomic mass is 32.2. The highest BCUT2D eigenvalue weighted by Gasteiger charge is 2.54. The monoisotopic (exact) mass is 465 g/mol. The number of ether oxygens (including phenoxy) is 1. The van der Waals surface area contributed by atoms with Crippen LogP contribution in [0.2, 0.25) is 0 Å². The van der Waals surface area contributed by atoms with Crippen molar-refractivity contribution >= 4 is 52.8 Å². The largest absolute Gasteiger partial charge is 0.477 e. The number of esters is 2. The number of nitrogens with one attached hydrogen (secondary N) is 1. The van der Waals surface area contributed by atoms with Crippen LogP contribution in [-0.2, 0) is 28.7 Å². The Morgan fingerprint density at radius 3 is 2.77 bits per heavy atom. The van der Waals surface area contributed by atoms with Gasteiger partial charge >= 0.3 is 17.9 Å². The fraction of sp³-hybridized carbons (Fsp3) is 0.316. The van der Waals surface area contributed by atoms with Crippen LogP contribution in [0.5, 0.6) is 0 Å². The van der Waals surface area contributed by atoms with Gasteiger partial charge in [-0.15, -0.1) is 23.1 Å². The summed E-state index contributed by atoms with van der Waals surface area (Å²) >= 11 is 2.55. The third-order valence-corrected chi connectivity index (χ3v) is 6.81. The normalized spacial score (nSPS) is 21.4. The molecular weight excluding hydrogens is 446 g/mol. The van der Waals surface area contributed by atoms with Crippen molar-refractivity contribution in [2.45, 2.75) is 30.8 Å². The highest BCUT2D eigenvalue weighted by molar-refractivity contribution is 8.00. The summed E-state index contributed by atoms with van der Waals surface area (Å²) in [7, 11) is 0. The maximum absolute atomic E-state index is 12.6. The van der Waals surface area contributed by atoms with Gasteiger partial charge in [0.25, 0.3) is 5.91 Å². The summed E-state index contributed by atoms with van der Waals surface area (Å²) in [4.78, 5) is 61.3. The van der Waals surface area contributed by atoms with Crippen molar-refractivity contribution in [3.8, 4) is 0 Å². The molecule has 1 aromatic heterocycles. The molecule has 0 bridgehead atoms. The molecule has 164 valence electrons. The zero-order valence-electron chi connectivity index (χ0n) is 16.3. The van der Waals surface area contributed by atoms with E-state index in [9.17, 15) is 29.1 Å². The smallest absolute Gasteiger partial charge is 0.352 e. The molecular formula is C19H19N3O7S2. The molecule has 0 aromatic carbocycles. The van der Waals surface area contributed by atoms with Crippen LogP contribution in [0.15, 0.2) is 40.9 Å². The SMILES string of the molecule is CCC(=O)OC(=O)C=CC1=C(C(=O)O)N2C(=O)C(NC(=O)C(N)c3cccs3)[C@@H]2SC1. The van der Waals surface area contributed by atoms with E-state index < -0.39 is 47.2 Å². The van der Waals surface area contributed by atoms with Gasteiger partial charge in [0, 0.05) is 23.1 Å². The number of hydrogen-bond acceptors (Lipinski definition) is 9. The summed E-state index contributed by atoms with van der Waals surface area (Å²) in [5, 5.41) is 13.4. The van der Waals surface area contributed by atoms with Gasteiger partial charge in [-0.05, 0) is 23.1 Å². The number of aliphatic carboxylic acids is 1. The van der Waals surface area contributed by atoms with Gasteiger partial charge in [-0.3, -0.25) is 19.3 Å².